The van der Waals surface area contributed by atoms with Gasteiger partial charge in [-0.25, -0.2) is 4.79 Å². The number of rotatable bonds is 10. The SMILES string of the molecule is C.C.C.C.CCC(C)(CC(C)(C)C(=O)OC1C(=O)OCC1(C)C)C(=O)OC(C)(c1ccccc1)c1ccc(OC)cc1. The van der Waals surface area contributed by atoms with Crippen molar-refractivity contribution in [3.05, 3.63) is 65.7 Å². The average molecular weight is 589 g/mol. The number of methoxy groups -OCH3 is 1. The first-order valence-corrected chi connectivity index (χ1v) is 13.0. The van der Waals surface area contributed by atoms with E-state index in [1.54, 1.807) is 27.9 Å². The van der Waals surface area contributed by atoms with Gasteiger partial charge >= 0.3 is 17.9 Å². The molecule has 2 aromatic carbocycles. The van der Waals surface area contributed by atoms with Crippen molar-refractivity contribution in [1.29, 1.82) is 0 Å². The zero-order valence-electron chi connectivity index (χ0n) is 23.8. The van der Waals surface area contributed by atoms with E-state index >= 15 is 0 Å². The predicted molar refractivity (Wildman–Crippen MR) is 170 cm³/mol. The highest BCUT2D eigenvalue weighted by molar-refractivity contribution is 5.85. The van der Waals surface area contributed by atoms with E-state index in [2.05, 4.69) is 0 Å². The van der Waals surface area contributed by atoms with Crippen LogP contribution in [0.15, 0.2) is 54.6 Å². The van der Waals surface area contributed by atoms with Gasteiger partial charge in [-0.2, -0.15) is 0 Å². The highest BCUT2D eigenvalue weighted by Crippen LogP contribution is 2.43. The van der Waals surface area contributed by atoms with Crippen LogP contribution in [0.25, 0.3) is 0 Å². The fourth-order valence-electron chi connectivity index (χ4n) is 4.85. The van der Waals surface area contributed by atoms with E-state index in [4.69, 9.17) is 18.9 Å². The van der Waals surface area contributed by atoms with Gasteiger partial charge in [-0.1, -0.05) is 92.9 Å². The minimum atomic E-state index is -1.08. The zero-order valence-corrected chi connectivity index (χ0v) is 23.8. The summed E-state index contributed by atoms with van der Waals surface area (Å²) in [5.41, 5.74) is -2.16. The first-order chi connectivity index (χ1) is 17.7. The fraction of sp³-hybridized carbons (Fsp3) is 0.571. The number of carbonyl (C=O) groups is 3. The Kier molecular flexibility index (Phi) is 14.8. The summed E-state index contributed by atoms with van der Waals surface area (Å²) in [5.74, 6) is -0.829. The number of cyclic esters (lactones) is 1. The molecule has 0 amide bonds. The summed E-state index contributed by atoms with van der Waals surface area (Å²) in [4.78, 5) is 39.4. The molecule has 0 N–H and O–H groups in total. The van der Waals surface area contributed by atoms with E-state index < -0.39 is 45.9 Å². The average Bonchev–Trinajstić information content (AvgIpc) is 3.15. The van der Waals surface area contributed by atoms with Crippen LogP contribution in [-0.4, -0.2) is 37.7 Å². The molecule has 0 saturated carbocycles. The van der Waals surface area contributed by atoms with E-state index in [9.17, 15) is 14.4 Å². The third kappa shape index (κ3) is 8.36. The molecule has 2 aromatic rings. The zero-order chi connectivity index (χ0) is 28.4. The maximum Gasteiger partial charge on any atom is 0.348 e. The van der Waals surface area contributed by atoms with Crippen LogP contribution in [0.4, 0.5) is 0 Å². The van der Waals surface area contributed by atoms with Crippen LogP contribution in [0.2, 0.25) is 0 Å². The Morgan fingerprint density at radius 3 is 1.86 bits per heavy atom. The standard InChI is InChI=1S/C31H40O7.4CH4/c1-9-30(6,19-28(2,3)26(33)37-24-25(32)36-20-29(24,4)5)27(34)38-31(7,21-13-11-10-12-14-21)22-15-17-23(35-8)18-16-22;;;;/h10-18,24H,9,19-20H2,1-8H3;4*1H4. The second-order valence-corrected chi connectivity index (χ2v) is 11.9. The molecule has 7 nitrogen and oxygen atoms in total. The van der Waals surface area contributed by atoms with Crippen LogP contribution in [0, 0.1) is 16.2 Å². The summed E-state index contributed by atoms with van der Waals surface area (Å²) in [6, 6.07) is 17.0. The van der Waals surface area contributed by atoms with E-state index in [1.165, 1.54) is 0 Å². The van der Waals surface area contributed by atoms with Crippen molar-refractivity contribution in [2.24, 2.45) is 16.2 Å². The van der Waals surface area contributed by atoms with Gasteiger partial charge in [0.2, 0.25) is 6.10 Å². The molecule has 0 radical (unpaired) electrons. The molecule has 42 heavy (non-hydrogen) atoms. The van der Waals surface area contributed by atoms with Gasteiger partial charge in [0.15, 0.2) is 5.60 Å². The molecule has 3 atom stereocenters. The topological polar surface area (TPSA) is 88.1 Å². The molecule has 1 aliphatic heterocycles. The first kappa shape index (κ1) is 40.8. The predicted octanol–water partition coefficient (Wildman–Crippen LogP) is 8.37. The summed E-state index contributed by atoms with van der Waals surface area (Å²) in [7, 11) is 1.60. The molecule has 0 aliphatic carbocycles. The largest absolute Gasteiger partial charge is 0.497 e. The summed E-state index contributed by atoms with van der Waals surface area (Å²) >= 11 is 0. The number of carbonyl (C=O) groups excluding carboxylic acids is 3. The lowest BCUT2D eigenvalue weighted by Gasteiger charge is -2.38. The van der Waals surface area contributed by atoms with Crippen LogP contribution >= 0.6 is 0 Å². The van der Waals surface area contributed by atoms with E-state index in [-0.39, 0.29) is 42.7 Å². The van der Waals surface area contributed by atoms with Gasteiger partial charge in [0.1, 0.15) is 12.4 Å². The number of ether oxygens (including phenoxy) is 4. The molecule has 0 spiro atoms. The van der Waals surface area contributed by atoms with Gasteiger partial charge in [-0.3, -0.25) is 9.59 Å². The summed E-state index contributed by atoms with van der Waals surface area (Å²) in [6.45, 7) is 12.8. The van der Waals surface area contributed by atoms with Gasteiger partial charge < -0.3 is 18.9 Å². The quantitative estimate of drug-likeness (QED) is 0.203. The third-order valence-electron chi connectivity index (χ3n) is 7.66. The Labute approximate surface area is 255 Å². The van der Waals surface area contributed by atoms with Gasteiger partial charge in [0.05, 0.1) is 17.9 Å². The van der Waals surface area contributed by atoms with Crippen molar-refractivity contribution in [3.63, 3.8) is 0 Å². The molecule has 7 heteroatoms. The monoisotopic (exact) mass is 588 g/mol. The van der Waals surface area contributed by atoms with Crippen molar-refractivity contribution < 1.29 is 33.3 Å². The lowest BCUT2D eigenvalue weighted by molar-refractivity contribution is -0.177. The summed E-state index contributed by atoms with van der Waals surface area (Å²) in [6.07, 6.45) is -0.373. The minimum Gasteiger partial charge on any atom is -0.497 e. The first-order valence-electron chi connectivity index (χ1n) is 13.0. The fourth-order valence-corrected chi connectivity index (χ4v) is 4.85. The maximum atomic E-state index is 13.9. The van der Waals surface area contributed by atoms with Gasteiger partial charge in [-0.05, 0) is 58.2 Å². The van der Waals surface area contributed by atoms with Gasteiger partial charge in [0, 0.05) is 11.0 Å². The molecule has 1 aliphatic rings. The summed E-state index contributed by atoms with van der Waals surface area (Å²) < 4.78 is 22.4. The van der Waals surface area contributed by atoms with Crippen molar-refractivity contribution in [2.75, 3.05) is 13.7 Å². The molecular weight excluding hydrogens is 532 g/mol. The molecular formula is C35H56O7. The smallest absolute Gasteiger partial charge is 0.348 e. The Balaban J connectivity index is 0. The minimum absolute atomic E-state index is 0. The highest BCUT2D eigenvalue weighted by atomic mass is 16.6. The molecule has 0 bridgehead atoms. The number of benzene rings is 2. The maximum absolute atomic E-state index is 13.9. The molecule has 238 valence electrons. The van der Waals surface area contributed by atoms with E-state index in [1.807, 2.05) is 82.3 Å². The van der Waals surface area contributed by atoms with Crippen molar-refractivity contribution in [2.45, 2.75) is 103 Å². The molecule has 1 fully saturated rings. The lowest BCUT2D eigenvalue weighted by atomic mass is 9.72. The van der Waals surface area contributed by atoms with Gasteiger partial charge in [0.25, 0.3) is 0 Å². The van der Waals surface area contributed by atoms with Crippen molar-refractivity contribution >= 4 is 17.9 Å². The second-order valence-electron chi connectivity index (χ2n) is 11.9. The van der Waals surface area contributed by atoms with Crippen molar-refractivity contribution in [3.8, 4) is 5.75 Å². The van der Waals surface area contributed by atoms with Crippen LogP contribution < -0.4 is 4.74 Å². The number of esters is 3. The highest BCUT2D eigenvalue weighted by Gasteiger charge is 2.50. The molecule has 3 unspecified atom stereocenters. The Hall–Kier alpha value is -3.35. The van der Waals surface area contributed by atoms with Crippen molar-refractivity contribution in [1.82, 2.24) is 0 Å². The molecule has 1 heterocycles. The van der Waals surface area contributed by atoms with Crippen LogP contribution in [0.1, 0.15) is 102 Å². The normalized spacial score (nSPS) is 18.1. The Bertz CT molecular complexity index is 1150. The van der Waals surface area contributed by atoms with Crippen LogP contribution in [-0.2, 0) is 34.2 Å². The summed E-state index contributed by atoms with van der Waals surface area (Å²) in [5, 5.41) is 0. The number of hydrogen-bond acceptors (Lipinski definition) is 7. The van der Waals surface area contributed by atoms with Gasteiger partial charge in [-0.15, -0.1) is 0 Å². The Morgan fingerprint density at radius 1 is 0.881 bits per heavy atom. The van der Waals surface area contributed by atoms with Crippen LogP contribution in [0.3, 0.4) is 0 Å². The molecule has 3 rings (SSSR count). The third-order valence-corrected chi connectivity index (χ3v) is 7.66. The second kappa shape index (κ2) is 15.2. The molecule has 0 aromatic heterocycles. The lowest BCUT2D eigenvalue weighted by Crippen LogP contribution is -2.44. The van der Waals surface area contributed by atoms with Crippen LogP contribution in [0.5, 0.6) is 5.75 Å². The molecule has 1 saturated heterocycles. The van der Waals surface area contributed by atoms with E-state index in [0.717, 1.165) is 11.1 Å². The Morgan fingerprint density at radius 2 is 1.40 bits per heavy atom. The van der Waals surface area contributed by atoms with E-state index in [0.29, 0.717) is 12.2 Å². The number of hydrogen-bond donors (Lipinski definition) is 0.